The Kier molecular flexibility index (Phi) is 9.43. The summed E-state index contributed by atoms with van der Waals surface area (Å²) in [6.07, 6.45) is 9.51. The maximum atomic E-state index is 11.0. The molecule has 2 aliphatic heterocycles. The summed E-state index contributed by atoms with van der Waals surface area (Å²) in [7, 11) is 0. The van der Waals surface area contributed by atoms with Gasteiger partial charge in [-0.15, -0.1) is 0 Å². The van der Waals surface area contributed by atoms with E-state index in [1.54, 1.807) is 12.1 Å². The highest BCUT2D eigenvalue weighted by atomic mass is 16.5. The van der Waals surface area contributed by atoms with Gasteiger partial charge in [0.25, 0.3) is 0 Å². The Morgan fingerprint density at radius 3 is 1.80 bits per heavy atom. The van der Waals surface area contributed by atoms with Crippen molar-refractivity contribution in [2.75, 3.05) is 0 Å². The zero-order valence-electron chi connectivity index (χ0n) is 32.7. The minimum atomic E-state index is -0.291. The molecule has 0 saturated carbocycles. The number of phenolic OH excluding ortho intramolecular Hbond substituents is 1. The monoisotopic (exact) mass is 764 g/mol. The van der Waals surface area contributed by atoms with Crippen molar-refractivity contribution in [2.24, 2.45) is 0 Å². The molecule has 6 atom stereocenters. The minimum Gasteiger partial charge on any atom is -0.508 e. The van der Waals surface area contributed by atoms with Crippen molar-refractivity contribution in [3.05, 3.63) is 268 Å². The van der Waals surface area contributed by atoms with Crippen molar-refractivity contribution in [3.8, 4) is 17.2 Å². The predicted octanol–water partition coefficient (Wildman–Crippen LogP) is 13.6. The number of benzene rings is 7. The normalized spacial score (nSPS) is 21.2. The Morgan fingerprint density at radius 1 is 0.508 bits per heavy atom. The molecule has 3 heteroatoms. The standard InChI is InChI=1S/C56H44O3/c1-3-4-18-36(2)49-52-42(34-43(57)35-48(52)59-55(49)39-22-10-6-11-23-39)32-31-37-19-16-26-41(33-37)51-46-29-17-30-47-53(46)54(56(58-47)40-24-12-7-13-25-40)45-28-15-14-27-44(45)50(51)38-20-8-5-9-21-38/h3-35,49-51,54-57H,1-2H2/b18-4-,32-31+. The van der Waals surface area contributed by atoms with Crippen molar-refractivity contribution >= 4 is 12.2 Å². The Hall–Kier alpha value is -7.10. The molecule has 0 bridgehead atoms. The molecule has 2 heterocycles. The molecule has 0 saturated heterocycles. The first-order valence-electron chi connectivity index (χ1n) is 20.4. The van der Waals surface area contributed by atoms with E-state index in [0.717, 1.165) is 33.6 Å². The third-order valence-corrected chi connectivity index (χ3v) is 12.3. The summed E-state index contributed by atoms with van der Waals surface area (Å²) >= 11 is 0. The molecule has 0 spiro atoms. The van der Waals surface area contributed by atoms with Crippen LogP contribution in [0.4, 0.5) is 0 Å². The van der Waals surface area contributed by atoms with Crippen molar-refractivity contribution < 1.29 is 14.6 Å². The maximum absolute atomic E-state index is 11.0. The van der Waals surface area contributed by atoms with Crippen LogP contribution >= 0.6 is 0 Å². The van der Waals surface area contributed by atoms with Gasteiger partial charge in [-0.05, 0) is 67.8 Å². The van der Waals surface area contributed by atoms with Gasteiger partial charge in [-0.2, -0.15) is 0 Å². The van der Waals surface area contributed by atoms with Crippen molar-refractivity contribution in [1.82, 2.24) is 0 Å². The van der Waals surface area contributed by atoms with E-state index in [-0.39, 0.29) is 41.6 Å². The summed E-state index contributed by atoms with van der Waals surface area (Å²) in [6.45, 7) is 8.38. The number of aromatic hydroxyl groups is 1. The van der Waals surface area contributed by atoms with E-state index in [4.69, 9.17) is 9.47 Å². The van der Waals surface area contributed by atoms with Crippen molar-refractivity contribution in [3.63, 3.8) is 0 Å². The topological polar surface area (TPSA) is 38.7 Å². The van der Waals surface area contributed by atoms with E-state index in [0.29, 0.717) is 5.75 Å². The van der Waals surface area contributed by atoms with Gasteiger partial charge in [0.15, 0.2) is 0 Å². The molecule has 286 valence electrons. The molecule has 3 nitrogen and oxygen atoms in total. The van der Waals surface area contributed by atoms with Crippen LogP contribution in [-0.4, -0.2) is 5.11 Å². The van der Waals surface area contributed by atoms with Crippen LogP contribution in [0.1, 0.15) is 97.1 Å². The SMILES string of the molecule is C=C/C=C\C(=C)C1c2c(/C=C/c3cccc(C4c5cccc6c5C(c5ccccc5C4c4ccccc4)C(c4ccccc4)O6)c3)cc(O)cc2OC1c1ccccc1. The second-order valence-corrected chi connectivity index (χ2v) is 15.7. The maximum Gasteiger partial charge on any atom is 0.135 e. The molecule has 0 aromatic heterocycles. The number of hydrogen-bond acceptors (Lipinski definition) is 3. The van der Waals surface area contributed by atoms with Crippen LogP contribution in [0.5, 0.6) is 17.2 Å². The van der Waals surface area contributed by atoms with E-state index in [9.17, 15) is 5.11 Å². The van der Waals surface area contributed by atoms with E-state index < -0.39 is 0 Å². The Labute approximate surface area is 346 Å². The minimum absolute atomic E-state index is 0.000581. The van der Waals surface area contributed by atoms with Gasteiger partial charge in [-0.3, -0.25) is 0 Å². The summed E-state index contributed by atoms with van der Waals surface area (Å²) in [5.74, 6) is 1.70. The number of phenols is 1. The Morgan fingerprint density at radius 2 is 1.08 bits per heavy atom. The first kappa shape index (κ1) is 36.3. The van der Waals surface area contributed by atoms with Gasteiger partial charge in [0.2, 0.25) is 0 Å². The first-order valence-corrected chi connectivity index (χ1v) is 20.4. The third-order valence-electron chi connectivity index (χ3n) is 12.3. The van der Waals surface area contributed by atoms with Crippen LogP contribution < -0.4 is 9.47 Å². The first-order chi connectivity index (χ1) is 29.1. The average Bonchev–Trinajstić information content (AvgIpc) is 3.84. The molecular weight excluding hydrogens is 721 g/mol. The molecular formula is C56H44O3. The second kappa shape index (κ2) is 15.3. The zero-order valence-corrected chi connectivity index (χ0v) is 32.7. The third kappa shape index (κ3) is 6.49. The molecule has 0 amide bonds. The highest BCUT2D eigenvalue weighted by molar-refractivity contribution is 5.76. The average molecular weight is 765 g/mol. The van der Waals surface area contributed by atoms with Gasteiger partial charge < -0.3 is 14.6 Å². The lowest BCUT2D eigenvalue weighted by Gasteiger charge is -2.30. The Balaban J connectivity index is 1.10. The van der Waals surface area contributed by atoms with Gasteiger partial charge in [0, 0.05) is 29.0 Å². The number of rotatable bonds is 9. The molecule has 6 unspecified atom stereocenters. The highest BCUT2D eigenvalue weighted by Gasteiger charge is 2.46. The number of fused-ring (bicyclic) bond motifs is 3. The number of allylic oxidation sites excluding steroid dienone is 3. The zero-order chi connectivity index (χ0) is 39.9. The number of ether oxygens (including phenoxy) is 2. The quantitative estimate of drug-likeness (QED) is 0.118. The molecule has 0 fully saturated rings. The molecule has 10 rings (SSSR count). The van der Waals surface area contributed by atoms with Crippen LogP contribution in [0.2, 0.25) is 0 Å². The van der Waals surface area contributed by atoms with Crippen LogP contribution in [0.15, 0.2) is 207 Å². The van der Waals surface area contributed by atoms with Crippen LogP contribution in [-0.2, 0) is 0 Å². The lowest BCUT2D eigenvalue weighted by molar-refractivity contribution is 0.222. The molecule has 0 radical (unpaired) electrons. The summed E-state index contributed by atoms with van der Waals surface area (Å²) < 4.78 is 13.6. The number of hydrogen-bond donors (Lipinski definition) is 1. The summed E-state index contributed by atoms with van der Waals surface area (Å²) in [5, 5.41) is 11.0. The van der Waals surface area contributed by atoms with Crippen LogP contribution in [0, 0.1) is 0 Å². The van der Waals surface area contributed by atoms with E-state index in [1.807, 2.05) is 36.4 Å². The lowest BCUT2D eigenvalue weighted by atomic mass is 9.73. The van der Waals surface area contributed by atoms with E-state index in [1.165, 1.54) is 38.9 Å². The molecule has 1 N–H and O–H groups in total. The molecule has 7 aromatic carbocycles. The van der Waals surface area contributed by atoms with E-state index in [2.05, 4.69) is 165 Å². The molecule has 59 heavy (non-hydrogen) atoms. The van der Waals surface area contributed by atoms with Gasteiger partial charge in [0.1, 0.15) is 29.5 Å². The van der Waals surface area contributed by atoms with Gasteiger partial charge in [0.05, 0.1) is 11.8 Å². The van der Waals surface area contributed by atoms with Gasteiger partial charge >= 0.3 is 0 Å². The van der Waals surface area contributed by atoms with Crippen molar-refractivity contribution in [2.45, 2.75) is 35.9 Å². The fraction of sp³-hybridized carbons (Fsp3) is 0.107. The van der Waals surface area contributed by atoms with Crippen LogP contribution in [0.3, 0.4) is 0 Å². The highest BCUT2D eigenvalue weighted by Crippen LogP contribution is 2.59. The predicted molar refractivity (Wildman–Crippen MR) is 239 cm³/mol. The van der Waals surface area contributed by atoms with E-state index >= 15 is 0 Å². The smallest absolute Gasteiger partial charge is 0.135 e. The van der Waals surface area contributed by atoms with Gasteiger partial charge in [-0.1, -0.05) is 195 Å². The fourth-order valence-corrected chi connectivity index (χ4v) is 9.86. The molecule has 7 aromatic rings. The van der Waals surface area contributed by atoms with Gasteiger partial charge in [-0.25, -0.2) is 0 Å². The Bertz CT molecular complexity index is 2750. The molecule has 1 aliphatic carbocycles. The van der Waals surface area contributed by atoms with Crippen LogP contribution in [0.25, 0.3) is 12.2 Å². The summed E-state index contributed by atoms with van der Waals surface area (Å²) in [5.41, 5.74) is 13.8. The second-order valence-electron chi connectivity index (χ2n) is 15.7. The fourth-order valence-electron chi connectivity index (χ4n) is 9.86. The summed E-state index contributed by atoms with van der Waals surface area (Å²) in [4.78, 5) is 0. The molecule has 3 aliphatic rings. The summed E-state index contributed by atoms with van der Waals surface area (Å²) in [6, 6.07) is 60.0. The lowest BCUT2D eigenvalue weighted by Crippen LogP contribution is -2.16. The largest absolute Gasteiger partial charge is 0.508 e. The van der Waals surface area contributed by atoms with Crippen molar-refractivity contribution in [1.29, 1.82) is 0 Å².